The SMILES string of the molecule is COc1ccc(N)cc1OCCO[Si](C)(C)C(C)(C)C. The second-order valence-corrected chi connectivity index (χ2v) is 11.2. The molecular weight excluding hydrogens is 270 g/mol. The number of ether oxygens (including phenoxy) is 2. The van der Waals surface area contributed by atoms with Gasteiger partial charge in [0.2, 0.25) is 0 Å². The quantitative estimate of drug-likeness (QED) is 0.494. The molecule has 0 heterocycles. The lowest BCUT2D eigenvalue weighted by Crippen LogP contribution is -2.41. The van der Waals surface area contributed by atoms with Crippen LogP contribution in [-0.2, 0) is 4.43 Å². The molecule has 0 aliphatic heterocycles. The Hall–Kier alpha value is -1.20. The van der Waals surface area contributed by atoms with Crippen LogP contribution in [0.3, 0.4) is 0 Å². The molecule has 114 valence electrons. The maximum absolute atomic E-state index is 6.06. The first-order valence-electron chi connectivity index (χ1n) is 6.87. The van der Waals surface area contributed by atoms with Crippen LogP contribution in [0.5, 0.6) is 11.5 Å². The van der Waals surface area contributed by atoms with E-state index in [-0.39, 0.29) is 5.04 Å². The molecule has 0 amide bonds. The summed E-state index contributed by atoms with van der Waals surface area (Å²) in [6.45, 7) is 12.2. The Bertz CT molecular complexity index is 441. The Morgan fingerprint density at radius 2 is 1.75 bits per heavy atom. The Balaban J connectivity index is 2.52. The van der Waals surface area contributed by atoms with Crippen molar-refractivity contribution in [3.05, 3.63) is 18.2 Å². The molecule has 1 aromatic carbocycles. The number of hydrogen-bond acceptors (Lipinski definition) is 4. The molecule has 5 heteroatoms. The van der Waals surface area contributed by atoms with E-state index in [4.69, 9.17) is 19.6 Å². The molecule has 0 atom stereocenters. The topological polar surface area (TPSA) is 53.7 Å². The van der Waals surface area contributed by atoms with Gasteiger partial charge in [-0.25, -0.2) is 0 Å². The maximum atomic E-state index is 6.06. The summed E-state index contributed by atoms with van der Waals surface area (Å²) in [4.78, 5) is 0. The lowest BCUT2D eigenvalue weighted by Gasteiger charge is -2.36. The summed E-state index contributed by atoms with van der Waals surface area (Å²) in [6, 6.07) is 5.36. The van der Waals surface area contributed by atoms with Crippen LogP contribution in [0.2, 0.25) is 18.1 Å². The van der Waals surface area contributed by atoms with Gasteiger partial charge in [0.25, 0.3) is 0 Å². The molecule has 0 radical (unpaired) electrons. The summed E-state index contributed by atoms with van der Waals surface area (Å²) >= 11 is 0. The van der Waals surface area contributed by atoms with E-state index in [1.807, 2.05) is 0 Å². The monoisotopic (exact) mass is 297 g/mol. The van der Waals surface area contributed by atoms with E-state index in [0.717, 1.165) is 0 Å². The minimum Gasteiger partial charge on any atom is -0.493 e. The number of nitrogens with two attached hydrogens (primary N) is 1. The number of nitrogen functional groups attached to an aromatic ring is 1. The van der Waals surface area contributed by atoms with Crippen molar-refractivity contribution < 1.29 is 13.9 Å². The van der Waals surface area contributed by atoms with E-state index >= 15 is 0 Å². The van der Waals surface area contributed by atoms with E-state index in [0.29, 0.717) is 30.4 Å². The van der Waals surface area contributed by atoms with Gasteiger partial charge >= 0.3 is 0 Å². The summed E-state index contributed by atoms with van der Waals surface area (Å²) in [7, 11) is -0.0962. The molecule has 20 heavy (non-hydrogen) atoms. The summed E-state index contributed by atoms with van der Waals surface area (Å²) in [5.41, 5.74) is 6.41. The van der Waals surface area contributed by atoms with Crippen LogP contribution < -0.4 is 15.2 Å². The van der Waals surface area contributed by atoms with E-state index < -0.39 is 8.32 Å². The largest absolute Gasteiger partial charge is 0.493 e. The molecule has 0 bridgehead atoms. The van der Waals surface area contributed by atoms with Gasteiger partial charge in [-0.15, -0.1) is 0 Å². The average molecular weight is 297 g/mol. The van der Waals surface area contributed by atoms with Crippen molar-refractivity contribution >= 4 is 14.0 Å². The van der Waals surface area contributed by atoms with Crippen molar-refractivity contribution in [2.45, 2.75) is 38.9 Å². The van der Waals surface area contributed by atoms with Crippen molar-refractivity contribution in [2.75, 3.05) is 26.1 Å². The number of rotatable bonds is 6. The normalized spacial score (nSPS) is 12.3. The van der Waals surface area contributed by atoms with Gasteiger partial charge in [0.1, 0.15) is 6.61 Å². The van der Waals surface area contributed by atoms with Gasteiger partial charge in [-0.3, -0.25) is 0 Å². The van der Waals surface area contributed by atoms with Crippen molar-refractivity contribution in [2.24, 2.45) is 0 Å². The zero-order valence-corrected chi connectivity index (χ0v) is 14.4. The summed E-state index contributed by atoms with van der Waals surface area (Å²) < 4.78 is 17.0. The van der Waals surface area contributed by atoms with Crippen LogP contribution in [0.4, 0.5) is 5.69 Å². The van der Waals surface area contributed by atoms with Gasteiger partial charge in [0, 0.05) is 11.8 Å². The predicted molar refractivity (Wildman–Crippen MR) is 86.1 cm³/mol. The lowest BCUT2D eigenvalue weighted by molar-refractivity contribution is 0.199. The zero-order chi connectivity index (χ0) is 15.4. The second kappa shape index (κ2) is 6.50. The first-order chi connectivity index (χ1) is 9.17. The third kappa shape index (κ3) is 4.42. The highest BCUT2D eigenvalue weighted by molar-refractivity contribution is 6.74. The highest BCUT2D eigenvalue weighted by Crippen LogP contribution is 2.36. The fourth-order valence-corrected chi connectivity index (χ4v) is 2.50. The molecule has 1 rings (SSSR count). The summed E-state index contributed by atoms with van der Waals surface area (Å²) in [5.74, 6) is 1.35. The Morgan fingerprint density at radius 1 is 1.10 bits per heavy atom. The summed E-state index contributed by atoms with van der Waals surface area (Å²) in [5, 5.41) is 0.210. The van der Waals surface area contributed by atoms with Crippen LogP contribution >= 0.6 is 0 Å². The van der Waals surface area contributed by atoms with Crippen LogP contribution in [0.15, 0.2) is 18.2 Å². The molecule has 4 nitrogen and oxygen atoms in total. The van der Waals surface area contributed by atoms with E-state index in [2.05, 4.69) is 33.9 Å². The average Bonchev–Trinajstić information content (AvgIpc) is 2.33. The molecule has 1 aromatic rings. The van der Waals surface area contributed by atoms with Gasteiger partial charge in [0.15, 0.2) is 19.8 Å². The Morgan fingerprint density at radius 3 is 2.30 bits per heavy atom. The summed E-state index contributed by atoms with van der Waals surface area (Å²) in [6.07, 6.45) is 0. The standard InChI is InChI=1S/C15H27NO3Si/c1-15(2,3)20(5,6)19-10-9-18-14-11-12(16)7-8-13(14)17-4/h7-8,11H,9-10,16H2,1-6H3. The number of benzene rings is 1. The van der Waals surface area contributed by atoms with Gasteiger partial charge in [-0.05, 0) is 30.3 Å². The van der Waals surface area contributed by atoms with Gasteiger partial charge in [0.05, 0.1) is 13.7 Å². The molecule has 0 spiro atoms. The third-order valence-corrected chi connectivity index (χ3v) is 8.34. The zero-order valence-electron chi connectivity index (χ0n) is 13.4. The van der Waals surface area contributed by atoms with E-state index in [9.17, 15) is 0 Å². The molecule has 0 aliphatic rings. The first kappa shape index (κ1) is 16.9. The smallest absolute Gasteiger partial charge is 0.192 e. The highest BCUT2D eigenvalue weighted by Gasteiger charge is 2.36. The van der Waals surface area contributed by atoms with Crippen LogP contribution in [0.25, 0.3) is 0 Å². The molecular formula is C15H27NO3Si. The molecule has 0 saturated heterocycles. The number of hydrogen-bond donors (Lipinski definition) is 1. The van der Waals surface area contributed by atoms with Crippen molar-refractivity contribution in [3.63, 3.8) is 0 Å². The Kier molecular flexibility index (Phi) is 5.47. The van der Waals surface area contributed by atoms with E-state index in [1.54, 1.807) is 25.3 Å². The molecule has 0 unspecified atom stereocenters. The third-order valence-electron chi connectivity index (χ3n) is 3.80. The maximum Gasteiger partial charge on any atom is 0.192 e. The minimum absolute atomic E-state index is 0.210. The second-order valence-electron chi connectivity index (χ2n) is 6.37. The lowest BCUT2D eigenvalue weighted by atomic mass is 10.2. The van der Waals surface area contributed by atoms with Gasteiger partial charge < -0.3 is 19.6 Å². The fraction of sp³-hybridized carbons (Fsp3) is 0.600. The Labute approximate surface area is 123 Å². The number of anilines is 1. The molecule has 0 saturated carbocycles. The molecule has 2 N–H and O–H groups in total. The molecule has 0 aromatic heterocycles. The van der Waals surface area contributed by atoms with Crippen molar-refractivity contribution in [1.82, 2.24) is 0 Å². The van der Waals surface area contributed by atoms with Gasteiger partial charge in [-0.1, -0.05) is 20.8 Å². The molecule has 0 aliphatic carbocycles. The highest BCUT2D eigenvalue weighted by atomic mass is 28.4. The van der Waals surface area contributed by atoms with Crippen LogP contribution in [-0.4, -0.2) is 28.6 Å². The number of methoxy groups -OCH3 is 1. The molecule has 0 fully saturated rings. The fourth-order valence-electron chi connectivity index (χ4n) is 1.47. The van der Waals surface area contributed by atoms with Crippen LogP contribution in [0.1, 0.15) is 20.8 Å². The van der Waals surface area contributed by atoms with E-state index in [1.165, 1.54) is 0 Å². The van der Waals surface area contributed by atoms with Crippen LogP contribution in [0, 0.1) is 0 Å². The van der Waals surface area contributed by atoms with Crippen molar-refractivity contribution in [3.8, 4) is 11.5 Å². The van der Waals surface area contributed by atoms with Gasteiger partial charge in [-0.2, -0.15) is 0 Å². The predicted octanol–water partition coefficient (Wildman–Crippen LogP) is 3.68. The van der Waals surface area contributed by atoms with Crippen molar-refractivity contribution in [1.29, 1.82) is 0 Å². The minimum atomic E-state index is -1.71. The first-order valence-corrected chi connectivity index (χ1v) is 9.78.